The number of benzene rings is 1. The molecule has 0 bridgehead atoms. The zero-order valence-electron chi connectivity index (χ0n) is 14.9. The Kier molecular flexibility index (Phi) is 4.32. The van der Waals surface area contributed by atoms with Gasteiger partial charge in [-0.1, -0.05) is 41.9 Å². The van der Waals surface area contributed by atoms with Gasteiger partial charge in [0.15, 0.2) is 5.82 Å². The molecule has 1 aliphatic heterocycles. The van der Waals surface area contributed by atoms with E-state index in [-0.39, 0.29) is 11.8 Å². The van der Waals surface area contributed by atoms with Gasteiger partial charge in [-0.15, -0.1) is 0 Å². The maximum atomic E-state index is 12.9. The molecule has 1 saturated carbocycles. The summed E-state index contributed by atoms with van der Waals surface area (Å²) >= 11 is 0. The number of rotatable bonds is 4. The van der Waals surface area contributed by atoms with Crippen LogP contribution in [0.1, 0.15) is 60.9 Å². The van der Waals surface area contributed by atoms with Crippen LogP contribution < -0.4 is 0 Å². The molecular weight excluding hydrogens is 314 g/mol. The highest BCUT2D eigenvalue weighted by Gasteiger charge is 2.46. The minimum atomic E-state index is 0.150. The van der Waals surface area contributed by atoms with Gasteiger partial charge in [0.25, 0.3) is 0 Å². The maximum absolute atomic E-state index is 12.9. The van der Waals surface area contributed by atoms with Gasteiger partial charge in [-0.25, -0.2) is 0 Å². The van der Waals surface area contributed by atoms with Crippen LogP contribution in [0.15, 0.2) is 28.8 Å². The van der Waals surface area contributed by atoms with E-state index in [0.29, 0.717) is 17.7 Å². The van der Waals surface area contributed by atoms with Gasteiger partial charge in [0, 0.05) is 31.3 Å². The minimum absolute atomic E-state index is 0.150. The first-order valence-corrected chi connectivity index (χ1v) is 9.33. The molecule has 2 fully saturated rings. The third kappa shape index (κ3) is 3.32. The molecule has 5 nitrogen and oxygen atoms in total. The average molecular weight is 339 g/mol. The molecule has 0 N–H and O–H groups in total. The normalized spacial score (nSPS) is 25.8. The molecule has 0 spiro atoms. The summed E-state index contributed by atoms with van der Waals surface area (Å²) in [5, 5.41) is 4.11. The molecule has 1 aromatic carbocycles. The van der Waals surface area contributed by atoms with E-state index >= 15 is 0 Å². The summed E-state index contributed by atoms with van der Waals surface area (Å²) < 4.78 is 5.24. The molecule has 2 aliphatic rings. The SMILES string of the molecule is CCc1nc([C@@H]2CCCN(C(=O)[C@@H]3C[C@@H]3c3cccc(C)c3)C2)no1. The molecule has 5 heteroatoms. The quantitative estimate of drug-likeness (QED) is 0.856. The van der Waals surface area contributed by atoms with Crippen LogP contribution in [0.2, 0.25) is 0 Å². The first kappa shape index (κ1) is 16.3. The van der Waals surface area contributed by atoms with Crippen molar-refractivity contribution in [3.05, 3.63) is 47.1 Å². The number of likely N-dealkylation sites (tertiary alicyclic amines) is 1. The van der Waals surface area contributed by atoms with Crippen LogP contribution in [-0.4, -0.2) is 34.0 Å². The van der Waals surface area contributed by atoms with Crippen LogP contribution in [0.3, 0.4) is 0 Å². The second-order valence-electron chi connectivity index (χ2n) is 7.39. The highest BCUT2D eigenvalue weighted by Crippen LogP contribution is 2.49. The topological polar surface area (TPSA) is 59.2 Å². The van der Waals surface area contributed by atoms with Gasteiger partial charge >= 0.3 is 0 Å². The van der Waals surface area contributed by atoms with E-state index in [4.69, 9.17) is 4.52 Å². The third-order valence-corrected chi connectivity index (χ3v) is 5.46. The Bertz CT molecular complexity index is 770. The number of nitrogens with zero attached hydrogens (tertiary/aromatic N) is 3. The van der Waals surface area contributed by atoms with Crippen molar-refractivity contribution >= 4 is 5.91 Å². The largest absolute Gasteiger partial charge is 0.342 e. The molecule has 132 valence electrons. The van der Waals surface area contributed by atoms with E-state index in [0.717, 1.165) is 44.6 Å². The first-order valence-electron chi connectivity index (χ1n) is 9.33. The van der Waals surface area contributed by atoms with Gasteiger partial charge in [0.2, 0.25) is 11.8 Å². The molecule has 1 saturated heterocycles. The Morgan fingerprint density at radius 2 is 2.28 bits per heavy atom. The van der Waals surface area contributed by atoms with Crippen LogP contribution >= 0.6 is 0 Å². The Balaban J connectivity index is 1.41. The van der Waals surface area contributed by atoms with Crippen molar-refractivity contribution in [2.75, 3.05) is 13.1 Å². The zero-order chi connectivity index (χ0) is 17.4. The number of aryl methyl sites for hydroxylation is 2. The molecular formula is C20H25N3O2. The molecule has 3 atom stereocenters. The number of hydrogen-bond donors (Lipinski definition) is 0. The molecule has 2 heterocycles. The standard InChI is InChI=1S/C20H25N3O2/c1-3-18-21-19(22-25-18)15-8-5-9-23(12-15)20(24)17-11-16(17)14-7-4-6-13(2)10-14/h4,6-7,10,15-17H,3,5,8-9,11-12H2,1-2H3/t15-,16-,17-/m1/s1. The van der Waals surface area contributed by atoms with Gasteiger partial charge in [-0.05, 0) is 37.7 Å². The highest BCUT2D eigenvalue weighted by atomic mass is 16.5. The summed E-state index contributed by atoms with van der Waals surface area (Å²) in [6.07, 6.45) is 3.76. The predicted octanol–water partition coefficient (Wildman–Crippen LogP) is 3.45. The van der Waals surface area contributed by atoms with Crippen molar-refractivity contribution in [1.82, 2.24) is 15.0 Å². The summed E-state index contributed by atoms with van der Waals surface area (Å²) in [6, 6.07) is 8.55. The third-order valence-electron chi connectivity index (χ3n) is 5.46. The Morgan fingerprint density at radius 1 is 1.40 bits per heavy atom. The molecule has 1 aromatic heterocycles. The lowest BCUT2D eigenvalue weighted by atomic mass is 9.96. The summed E-state index contributed by atoms with van der Waals surface area (Å²) in [6.45, 7) is 5.68. The van der Waals surface area contributed by atoms with Gasteiger partial charge in [0.1, 0.15) is 0 Å². The van der Waals surface area contributed by atoms with Crippen molar-refractivity contribution in [1.29, 1.82) is 0 Å². The number of carbonyl (C=O) groups is 1. The van der Waals surface area contributed by atoms with Gasteiger partial charge < -0.3 is 9.42 Å². The van der Waals surface area contributed by atoms with Crippen molar-refractivity contribution < 1.29 is 9.32 Å². The fourth-order valence-electron chi connectivity index (χ4n) is 3.94. The van der Waals surface area contributed by atoms with E-state index in [2.05, 4.69) is 41.3 Å². The van der Waals surface area contributed by atoms with E-state index in [1.54, 1.807) is 0 Å². The molecule has 0 unspecified atom stereocenters. The van der Waals surface area contributed by atoms with Crippen molar-refractivity contribution in [2.24, 2.45) is 5.92 Å². The van der Waals surface area contributed by atoms with Crippen LogP contribution in [-0.2, 0) is 11.2 Å². The molecule has 0 radical (unpaired) electrons. The second kappa shape index (κ2) is 6.62. The number of amides is 1. The molecule has 4 rings (SSSR count). The van der Waals surface area contributed by atoms with Gasteiger partial charge in [-0.2, -0.15) is 4.98 Å². The van der Waals surface area contributed by atoms with Crippen molar-refractivity contribution in [3.63, 3.8) is 0 Å². The van der Waals surface area contributed by atoms with Gasteiger partial charge in [0.05, 0.1) is 0 Å². The minimum Gasteiger partial charge on any atom is -0.342 e. The Labute approximate surface area is 148 Å². The summed E-state index contributed by atoms with van der Waals surface area (Å²) in [4.78, 5) is 19.4. The molecule has 25 heavy (non-hydrogen) atoms. The van der Waals surface area contributed by atoms with Crippen molar-refractivity contribution in [2.45, 2.75) is 51.4 Å². The van der Waals surface area contributed by atoms with Crippen LogP contribution in [0.4, 0.5) is 0 Å². The molecule has 1 aliphatic carbocycles. The van der Waals surface area contributed by atoms with E-state index in [1.807, 2.05) is 11.8 Å². The molecule has 1 amide bonds. The smallest absolute Gasteiger partial charge is 0.226 e. The first-order chi connectivity index (χ1) is 12.2. The second-order valence-corrected chi connectivity index (χ2v) is 7.39. The predicted molar refractivity (Wildman–Crippen MR) is 94.3 cm³/mol. The van der Waals surface area contributed by atoms with Crippen LogP contribution in [0.25, 0.3) is 0 Å². The summed E-state index contributed by atoms with van der Waals surface area (Å²) in [7, 11) is 0. The lowest BCUT2D eigenvalue weighted by molar-refractivity contribution is -0.133. The Morgan fingerprint density at radius 3 is 3.04 bits per heavy atom. The van der Waals surface area contributed by atoms with Crippen LogP contribution in [0.5, 0.6) is 0 Å². The lowest BCUT2D eigenvalue weighted by Gasteiger charge is -2.31. The van der Waals surface area contributed by atoms with Crippen LogP contribution in [0, 0.1) is 12.8 Å². The summed E-state index contributed by atoms with van der Waals surface area (Å²) in [5.74, 6) is 2.50. The summed E-state index contributed by atoms with van der Waals surface area (Å²) in [5.41, 5.74) is 2.56. The fourth-order valence-corrected chi connectivity index (χ4v) is 3.94. The van der Waals surface area contributed by atoms with E-state index < -0.39 is 0 Å². The van der Waals surface area contributed by atoms with E-state index in [9.17, 15) is 4.79 Å². The van der Waals surface area contributed by atoms with E-state index in [1.165, 1.54) is 11.1 Å². The monoisotopic (exact) mass is 339 g/mol. The number of aromatic nitrogens is 2. The molecule has 2 aromatic rings. The number of carbonyl (C=O) groups excluding carboxylic acids is 1. The highest BCUT2D eigenvalue weighted by molar-refractivity contribution is 5.83. The van der Waals surface area contributed by atoms with Gasteiger partial charge in [-0.3, -0.25) is 4.79 Å². The zero-order valence-corrected chi connectivity index (χ0v) is 14.9. The maximum Gasteiger partial charge on any atom is 0.226 e. The fraction of sp³-hybridized carbons (Fsp3) is 0.550. The van der Waals surface area contributed by atoms with Crippen molar-refractivity contribution in [3.8, 4) is 0 Å². The Hall–Kier alpha value is -2.17. The lowest BCUT2D eigenvalue weighted by Crippen LogP contribution is -2.40. The average Bonchev–Trinajstić information content (AvgIpc) is 3.30. The number of piperidine rings is 1. The number of hydrogen-bond acceptors (Lipinski definition) is 4.